The Labute approximate surface area is 149 Å². The van der Waals surface area contributed by atoms with Crippen molar-refractivity contribution >= 4 is 27.3 Å². The van der Waals surface area contributed by atoms with Crippen molar-refractivity contribution in [2.45, 2.75) is 46.1 Å². The van der Waals surface area contributed by atoms with Crippen molar-refractivity contribution in [3.63, 3.8) is 0 Å². The zero-order valence-electron chi connectivity index (χ0n) is 14.7. The number of hydrogen-bond acceptors (Lipinski definition) is 4. The summed E-state index contributed by atoms with van der Waals surface area (Å²) in [6, 6.07) is 4.01. The molecule has 136 valence electrons. The summed E-state index contributed by atoms with van der Waals surface area (Å²) in [5.74, 6) is 0.159. The van der Waals surface area contributed by atoms with Crippen molar-refractivity contribution in [3.05, 3.63) is 22.4 Å². The van der Waals surface area contributed by atoms with Crippen LogP contribution in [0, 0.1) is 11.8 Å². The lowest BCUT2D eigenvalue weighted by molar-refractivity contribution is -0.127. The number of carbonyl (C=O) groups is 1. The third-order valence-electron chi connectivity index (χ3n) is 4.42. The predicted octanol–water partition coefficient (Wildman–Crippen LogP) is 3.01. The number of carbonyl (C=O) groups excluding carboxylic acids is 1. The summed E-state index contributed by atoms with van der Waals surface area (Å²) in [5.41, 5.74) is 0. The molecule has 2 rings (SSSR count). The van der Waals surface area contributed by atoms with Gasteiger partial charge in [0.15, 0.2) is 0 Å². The van der Waals surface area contributed by atoms with Crippen LogP contribution in [0.3, 0.4) is 0 Å². The lowest BCUT2D eigenvalue weighted by Crippen LogP contribution is -2.47. The molecule has 1 aromatic rings. The van der Waals surface area contributed by atoms with Crippen LogP contribution in [0.1, 0.15) is 51.0 Å². The van der Waals surface area contributed by atoms with E-state index >= 15 is 0 Å². The fourth-order valence-corrected chi connectivity index (χ4v) is 5.64. The highest BCUT2D eigenvalue weighted by molar-refractivity contribution is 7.89. The van der Waals surface area contributed by atoms with Crippen LogP contribution in [0.15, 0.2) is 17.5 Å². The molecule has 0 aliphatic carbocycles. The minimum Gasteiger partial charge on any atom is -0.348 e. The summed E-state index contributed by atoms with van der Waals surface area (Å²) in [4.78, 5) is 13.9. The van der Waals surface area contributed by atoms with E-state index in [1.165, 1.54) is 4.31 Å². The van der Waals surface area contributed by atoms with E-state index in [2.05, 4.69) is 19.2 Å². The van der Waals surface area contributed by atoms with E-state index in [9.17, 15) is 13.2 Å². The van der Waals surface area contributed by atoms with Gasteiger partial charge in [-0.25, -0.2) is 12.7 Å². The van der Waals surface area contributed by atoms with Crippen LogP contribution in [0.5, 0.6) is 0 Å². The molecule has 0 bridgehead atoms. The Kier molecular flexibility index (Phi) is 6.83. The topological polar surface area (TPSA) is 66.5 Å². The van der Waals surface area contributed by atoms with E-state index in [0.29, 0.717) is 19.5 Å². The molecule has 5 nitrogen and oxygen atoms in total. The Morgan fingerprint density at radius 1 is 1.46 bits per heavy atom. The van der Waals surface area contributed by atoms with Gasteiger partial charge in [-0.2, -0.15) is 0 Å². The molecule has 0 radical (unpaired) electrons. The van der Waals surface area contributed by atoms with Gasteiger partial charge in [-0.3, -0.25) is 4.79 Å². The fraction of sp³-hybridized carbons (Fsp3) is 0.706. The minimum atomic E-state index is -3.23. The van der Waals surface area contributed by atoms with Crippen molar-refractivity contribution in [1.82, 2.24) is 9.62 Å². The zero-order valence-corrected chi connectivity index (χ0v) is 16.3. The third-order valence-corrected chi connectivity index (χ3v) is 7.42. The Hall–Kier alpha value is -0.920. The van der Waals surface area contributed by atoms with Gasteiger partial charge in [0, 0.05) is 18.0 Å². The molecule has 1 aliphatic heterocycles. The first-order valence-corrected chi connectivity index (χ1v) is 11.2. The molecule has 1 aromatic heterocycles. The average Bonchev–Trinajstić information content (AvgIpc) is 3.06. The lowest BCUT2D eigenvalue weighted by Gasteiger charge is -2.32. The van der Waals surface area contributed by atoms with Gasteiger partial charge in [0.25, 0.3) is 0 Å². The molecular weight excluding hydrogens is 344 g/mol. The van der Waals surface area contributed by atoms with E-state index in [1.807, 2.05) is 24.4 Å². The molecule has 1 fully saturated rings. The van der Waals surface area contributed by atoms with E-state index < -0.39 is 10.0 Å². The zero-order chi connectivity index (χ0) is 17.7. The van der Waals surface area contributed by atoms with Crippen molar-refractivity contribution in [2.24, 2.45) is 11.8 Å². The summed E-state index contributed by atoms with van der Waals surface area (Å²) < 4.78 is 26.0. The predicted molar refractivity (Wildman–Crippen MR) is 98.4 cm³/mol. The monoisotopic (exact) mass is 372 g/mol. The van der Waals surface area contributed by atoms with Crippen LogP contribution in [-0.4, -0.2) is 37.5 Å². The maximum absolute atomic E-state index is 12.7. The molecule has 7 heteroatoms. The average molecular weight is 373 g/mol. The molecule has 0 spiro atoms. The van der Waals surface area contributed by atoms with Crippen molar-refractivity contribution in [1.29, 1.82) is 0 Å². The lowest BCUT2D eigenvalue weighted by atomic mass is 9.96. The van der Waals surface area contributed by atoms with Gasteiger partial charge >= 0.3 is 0 Å². The van der Waals surface area contributed by atoms with Gasteiger partial charge in [-0.1, -0.05) is 26.8 Å². The van der Waals surface area contributed by atoms with Crippen molar-refractivity contribution < 1.29 is 13.2 Å². The van der Waals surface area contributed by atoms with Crippen LogP contribution in [0.2, 0.25) is 0 Å². The molecule has 1 saturated heterocycles. The first kappa shape index (κ1) is 19.4. The van der Waals surface area contributed by atoms with Gasteiger partial charge in [0.05, 0.1) is 17.7 Å². The summed E-state index contributed by atoms with van der Waals surface area (Å²) in [7, 11) is -3.23. The second-order valence-electron chi connectivity index (χ2n) is 6.76. The molecule has 0 aromatic carbocycles. The number of nitrogens with one attached hydrogen (secondary N) is 1. The highest BCUT2D eigenvalue weighted by atomic mass is 32.2. The smallest absolute Gasteiger partial charge is 0.224 e. The Balaban J connectivity index is 2.03. The number of nitrogens with zero attached hydrogens (tertiary/aromatic N) is 1. The van der Waals surface area contributed by atoms with Crippen LogP contribution < -0.4 is 5.32 Å². The van der Waals surface area contributed by atoms with Crippen LogP contribution >= 0.6 is 11.3 Å². The molecule has 1 N–H and O–H groups in total. The van der Waals surface area contributed by atoms with Gasteiger partial charge < -0.3 is 5.32 Å². The SMILES string of the molecule is CCCS(=O)(=O)N1CCC[C@H](C(=O)N[C@H](c2cccs2)C(C)C)C1. The standard InChI is InChI=1S/C17H28N2O3S2/c1-4-11-24(21,22)19-9-5-7-14(12-19)17(20)18-16(13(2)3)15-8-6-10-23-15/h6,8,10,13-14,16H,4-5,7,9,11-12H2,1-3H3,(H,18,20)/t14-,16-/m0/s1. The molecule has 1 aliphatic rings. The number of amides is 1. The summed E-state index contributed by atoms with van der Waals surface area (Å²) >= 11 is 1.64. The van der Waals surface area contributed by atoms with Gasteiger partial charge in [0.1, 0.15) is 0 Å². The highest BCUT2D eigenvalue weighted by Crippen LogP contribution is 2.27. The van der Waals surface area contributed by atoms with E-state index in [0.717, 1.165) is 17.7 Å². The van der Waals surface area contributed by atoms with Crippen molar-refractivity contribution in [3.8, 4) is 0 Å². The maximum atomic E-state index is 12.7. The van der Waals surface area contributed by atoms with E-state index in [4.69, 9.17) is 0 Å². The molecular formula is C17H28N2O3S2. The summed E-state index contributed by atoms with van der Waals surface area (Å²) in [6.45, 7) is 6.88. The minimum absolute atomic E-state index is 0.0138. The summed E-state index contributed by atoms with van der Waals surface area (Å²) in [6.07, 6.45) is 2.09. The first-order valence-electron chi connectivity index (χ1n) is 8.66. The normalized spacial score (nSPS) is 20.9. The van der Waals surface area contributed by atoms with Gasteiger partial charge in [-0.15, -0.1) is 11.3 Å². The second-order valence-corrected chi connectivity index (χ2v) is 9.83. The number of piperidine rings is 1. The largest absolute Gasteiger partial charge is 0.348 e. The van der Waals surface area contributed by atoms with Crippen LogP contribution in [-0.2, 0) is 14.8 Å². The summed E-state index contributed by atoms with van der Waals surface area (Å²) in [5, 5.41) is 5.15. The van der Waals surface area contributed by atoms with Gasteiger partial charge in [-0.05, 0) is 36.6 Å². The maximum Gasteiger partial charge on any atom is 0.224 e. The number of rotatable bonds is 7. The Morgan fingerprint density at radius 2 is 2.21 bits per heavy atom. The van der Waals surface area contributed by atoms with E-state index in [1.54, 1.807) is 11.3 Å². The quantitative estimate of drug-likeness (QED) is 0.800. The van der Waals surface area contributed by atoms with Crippen LogP contribution in [0.4, 0.5) is 0 Å². The Morgan fingerprint density at radius 3 is 2.79 bits per heavy atom. The molecule has 1 amide bonds. The van der Waals surface area contributed by atoms with Crippen molar-refractivity contribution in [2.75, 3.05) is 18.8 Å². The molecule has 0 saturated carbocycles. The molecule has 24 heavy (non-hydrogen) atoms. The first-order chi connectivity index (χ1) is 11.3. The van der Waals surface area contributed by atoms with E-state index in [-0.39, 0.29) is 29.5 Å². The number of hydrogen-bond donors (Lipinski definition) is 1. The molecule has 2 atom stereocenters. The number of thiophene rings is 1. The van der Waals surface area contributed by atoms with Crippen LogP contribution in [0.25, 0.3) is 0 Å². The second kappa shape index (κ2) is 8.45. The number of sulfonamides is 1. The highest BCUT2D eigenvalue weighted by Gasteiger charge is 2.33. The molecule has 0 unspecified atom stereocenters. The third kappa shape index (κ3) is 4.80. The fourth-order valence-electron chi connectivity index (χ4n) is 3.10. The molecule has 2 heterocycles. The van der Waals surface area contributed by atoms with Gasteiger partial charge in [0.2, 0.25) is 15.9 Å². The Bertz CT molecular complexity index is 626.